The molecule has 0 aliphatic carbocycles. The molecule has 0 bridgehead atoms. The van der Waals surface area contributed by atoms with Gasteiger partial charge in [0.15, 0.2) is 5.78 Å². The molecule has 3 nitrogen and oxygen atoms in total. The molecule has 0 heterocycles. The highest BCUT2D eigenvalue weighted by Crippen LogP contribution is 2.01. The molecule has 0 radical (unpaired) electrons. The van der Waals surface area contributed by atoms with Crippen LogP contribution in [-0.4, -0.2) is 32.7 Å². The van der Waals surface area contributed by atoms with Crippen molar-refractivity contribution in [1.82, 2.24) is 0 Å². The van der Waals surface area contributed by atoms with Crippen molar-refractivity contribution >= 4 is 5.78 Å². The predicted molar refractivity (Wildman–Crippen MR) is 42.6 cm³/mol. The molecule has 0 aromatic heterocycles. The Hall–Kier alpha value is -0.410. The van der Waals surface area contributed by atoms with Gasteiger partial charge in [0.2, 0.25) is 0 Å². The van der Waals surface area contributed by atoms with E-state index in [9.17, 15) is 4.79 Å². The van der Waals surface area contributed by atoms with Crippen LogP contribution in [0, 0.1) is 0 Å². The first-order valence-corrected chi connectivity index (χ1v) is 3.80. The highest BCUT2D eigenvalue weighted by molar-refractivity contribution is 5.82. The van der Waals surface area contributed by atoms with Crippen molar-refractivity contribution < 1.29 is 14.3 Å². The summed E-state index contributed by atoms with van der Waals surface area (Å²) in [6.07, 6.45) is 0.905. The van der Waals surface area contributed by atoms with Gasteiger partial charge in [-0.15, -0.1) is 0 Å². The fourth-order valence-electron chi connectivity index (χ4n) is 0.863. The molecule has 0 aliphatic heterocycles. The minimum absolute atomic E-state index is 0.143. The molecule has 0 aromatic rings. The van der Waals surface area contributed by atoms with Crippen LogP contribution in [0.1, 0.15) is 19.8 Å². The Labute approximate surface area is 67.7 Å². The van der Waals surface area contributed by atoms with Gasteiger partial charge in [0.05, 0.1) is 0 Å². The molecule has 0 N–H and O–H groups in total. The maximum absolute atomic E-state index is 11.1. The van der Waals surface area contributed by atoms with Gasteiger partial charge in [-0.2, -0.15) is 0 Å². The van der Waals surface area contributed by atoms with E-state index < -0.39 is 0 Å². The average Bonchev–Trinajstić information content (AvgIpc) is 2.05. The van der Waals surface area contributed by atoms with Crippen LogP contribution in [0.3, 0.4) is 0 Å². The Bertz CT molecular complexity index is 112. The number of rotatable bonds is 6. The van der Waals surface area contributed by atoms with E-state index in [1.165, 1.54) is 0 Å². The zero-order chi connectivity index (χ0) is 8.69. The summed E-state index contributed by atoms with van der Waals surface area (Å²) in [5.74, 6) is 0.143. The van der Waals surface area contributed by atoms with Crippen molar-refractivity contribution in [2.45, 2.75) is 25.9 Å². The summed E-state index contributed by atoms with van der Waals surface area (Å²) in [6.45, 7) is 2.41. The van der Waals surface area contributed by atoms with Crippen LogP contribution in [0.25, 0.3) is 0 Å². The number of hydrogen-bond acceptors (Lipinski definition) is 3. The monoisotopic (exact) mass is 160 g/mol. The molecule has 0 aromatic carbocycles. The minimum atomic E-state index is -0.278. The van der Waals surface area contributed by atoms with Crippen molar-refractivity contribution in [3.05, 3.63) is 0 Å². The summed E-state index contributed by atoms with van der Waals surface area (Å²) in [7, 11) is 3.16. The van der Waals surface area contributed by atoms with Crippen molar-refractivity contribution in [2.24, 2.45) is 0 Å². The molecule has 0 fully saturated rings. The lowest BCUT2D eigenvalue weighted by Gasteiger charge is -2.11. The van der Waals surface area contributed by atoms with Gasteiger partial charge in [0.1, 0.15) is 6.10 Å². The third kappa shape index (κ3) is 4.11. The Morgan fingerprint density at radius 1 is 1.45 bits per heavy atom. The lowest BCUT2D eigenvalue weighted by Crippen LogP contribution is -2.23. The van der Waals surface area contributed by atoms with Crippen LogP contribution in [0.2, 0.25) is 0 Å². The van der Waals surface area contributed by atoms with Crippen LogP contribution in [0.5, 0.6) is 0 Å². The summed E-state index contributed by atoms with van der Waals surface area (Å²) < 4.78 is 9.81. The number of ether oxygens (including phenoxy) is 2. The standard InChI is InChI=1S/C8H16O3/c1-4-7(9)8(11-3)5-6-10-2/h8H,4-6H2,1-3H3. The van der Waals surface area contributed by atoms with Gasteiger partial charge in [0, 0.05) is 33.7 Å². The number of hydrogen-bond donors (Lipinski definition) is 0. The Morgan fingerprint density at radius 2 is 2.09 bits per heavy atom. The van der Waals surface area contributed by atoms with Gasteiger partial charge in [0.25, 0.3) is 0 Å². The van der Waals surface area contributed by atoms with Gasteiger partial charge < -0.3 is 9.47 Å². The molecule has 0 saturated carbocycles. The highest BCUT2D eigenvalue weighted by Gasteiger charge is 2.14. The predicted octanol–water partition coefficient (Wildman–Crippen LogP) is 1.02. The largest absolute Gasteiger partial charge is 0.385 e. The number of ketones is 1. The van der Waals surface area contributed by atoms with Gasteiger partial charge in [-0.05, 0) is 0 Å². The quantitative estimate of drug-likeness (QED) is 0.582. The first kappa shape index (κ1) is 10.6. The SMILES string of the molecule is CCC(=O)C(CCOC)OC. The second kappa shape index (κ2) is 6.31. The second-order valence-electron chi connectivity index (χ2n) is 2.33. The smallest absolute Gasteiger partial charge is 0.161 e. The molecule has 0 spiro atoms. The zero-order valence-electron chi connectivity index (χ0n) is 7.42. The Kier molecular flexibility index (Phi) is 6.07. The zero-order valence-corrected chi connectivity index (χ0v) is 7.42. The molecule has 3 heteroatoms. The third-order valence-corrected chi connectivity index (χ3v) is 1.58. The van der Waals surface area contributed by atoms with Crippen LogP contribution in [-0.2, 0) is 14.3 Å². The molecule has 66 valence electrons. The van der Waals surface area contributed by atoms with Crippen LogP contribution in [0.4, 0.5) is 0 Å². The van der Waals surface area contributed by atoms with E-state index in [4.69, 9.17) is 9.47 Å². The summed E-state index contributed by atoms with van der Waals surface area (Å²) in [5, 5.41) is 0. The molecule has 1 unspecified atom stereocenters. The Balaban J connectivity index is 3.65. The van der Waals surface area contributed by atoms with Crippen molar-refractivity contribution in [3.8, 4) is 0 Å². The molecular formula is C8H16O3. The van der Waals surface area contributed by atoms with Crippen LogP contribution >= 0.6 is 0 Å². The van der Waals surface area contributed by atoms with E-state index in [0.717, 1.165) is 0 Å². The van der Waals surface area contributed by atoms with Gasteiger partial charge in [-0.3, -0.25) is 4.79 Å². The summed E-state index contributed by atoms with van der Waals surface area (Å²) in [6, 6.07) is 0. The second-order valence-corrected chi connectivity index (χ2v) is 2.33. The molecule has 0 saturated heterocycles. The fraction of sp³-hybridized carbons (Fsp3) is 0.875. The van der Waals surface area contributed by atoms with Gasteiger partial charge in [-0.25, -0.2) is 0 Å². The number of carbonyl (C=O) groups is 1. The van der Waals surface area contributed by atoms with Gasteiger partial charge in [-0.1, -0.05) is 6.92 Å². The summed E-state index contributed by atoms with van der Waals surface area (Å²) in [4.78, 5) is 11.1. The first-order valence-electron chi connectivity index (χ1n) is 3.80. The maximum atomic E-state index is 11.1. The lowest BCUT2D eigenvalue weighted by atomic mass is 10.1. The summed E-state index contributed by atoms with van der Waals surface area (Å²) in [5.41, 5.74) is 0. The van der Waals surface area contributed by atoms with Crippen molar-refractivity contribution in [1.29, 1.82) is 0 Å². The third-order valence-electron chi connectivity index (χ3n) is 1.58. The van der Waals surface area contributed by atoms with E-state index in [-0.39, 0.29) is 11.9 Å². The molecule has 0 amide bonds. The molecule has 0 rings (SSSR count). The summed E-state index contributed by atoms with van der Waals surface area (Å²) >= 11 is 0. The lowest BCUT2D eigenvalue weighted by molar-refractivity contribution is -0.129. The highest BCUT2D eigenvalue weighted by atomic mass is 16.5. The molecule has 11 heavy (non-hydrogen) atoms. The number of Topliss-reactive ketones (excluding diaryl/α,β-unsaturated/α-hetero) is 1. The Morgan fingerprint density at radius 3 is 2.45 bits per heavy atom. The average molecular weight is 160 g/mol. The molecular weight excluding hydrogens is 144 g/mol. The van der Waals surface area contributed by atoms with Crippen molar-refractivity contribution in [3.63, 3.8) is 0 Å². The van der Waals surface area contributed by atoms with Crippen LogP contribution < -0.4 is 0 Å². The van der Waals surface area contributed by atoms with E-state index in [2.05, 4.69) is 0 Å². The van der Waals surface area contributed by atoms with E-state index in [0.29, 0.717) is 19.4 Å². The van der Waals surface area contributed by atoms with Crippen molar-refractivity contribution in [2.75, 3.05) is 20.8 Å². The van der Waals surface area contributed by atoms with E-state index in [1.54, 1.807) is 14.2 Å². The number of carbonyl (C=O) groups excluding carboxylic acids is 1. The fourth-order valence-corrected chi connectivity index (χ4v) is 0.863. The minimum Gasteiger partial charge on any atom is -0.385 e. The topological polar surface area (TPSA) is 35.5 Å². The molecule has 0 aliphatic rings. The molecule has 1 atom stereocenters. The van der Waals surface area contributed by atoms with Gasteiger partial charge >= 0.3 is 0 Å². The number of methoxy groups -OCH3 is 2. The van der Waals surface area contributed by atoms with E-state index in [1.807, 2.05) is 6.92 Å². The first-order chi connectivity index (χ1) is 5.26. The van der Waals surface area contributed by atoms with Crippen LogP contribution in [0.15, 0.2) is 0 Å². The normalized spacial score (nSPS) is 13.0. The maximum Gasteiger partial charge on any atom is 0.161 e. The van der Waals surface area contributed by atoms with E-state index >= 15 is 0 Å².